The first-order valence-corrected chi connectivity index (χ1v) is 12.6. The zero-order chi connectivity index (χ0) is 28.8. The summed E-state index contributed by atoms with van der Waals surface area (Å²) in [5.74, 6) is -4.88. The molecule has 11 nitrogen and oxygen atoms in total. The number of aromatic amines is 1. The van der Waals surface area contributed by atoms with Crippen molar-refractivity contribution < 1.29 is 17.9 Å². The lowest BCUT2D eigenvalue weighted by Gasteiger charge is -2.25. The average molecular weight is 586 g/mol. The normalized spacial score (nSPS) is 13.5. The van der Waals surface area contributed by atoms with Crippen molar-refractivity contribution >= 4 is 34.1 Å². The van der Waals surface area contributed by atoms with Crippen LogP contribution in [-0.2, 0) is 17.8 Å². The standard InChI is InChI=1S/C26H19ClF3N7O4/c27-17-7-20-15(10-37(34-20)16-11-41-12-16)6-21(17)32-24-33-25(39)36(9-14-2-1-3-31-23(14)38)26(40)35(24)8-13-4-18(28)22(30)19(29)5-13/h1-7,10,16H,8-9,11-12H2,(H,31,38)(H,32,33,39). The van der Waals surface area contributed by atoms with E-state index in [9.17, 15) is 27.6 Å². The number of pyridine rings is 1. The van der Waals surface area contributed by atoms with E-state index in [-0.39, 0.29) is 33.8 Å². The van der Waals surface area contributed by atoms with Crippen LogP contribution < -0.4 is 22.3 Å². The number of hydrogen-bond acceptors (Lipinski definition) is 7. The van der Waals surface area contributed by atoms with Gasteiger partial charge in [0.25, 0.3) is 5.56 Å². The van der Waals surface area contributed by atoms with Gasteiger partial charge in [0.2, 0.25) is 5.95 Å². The molecular weight excluding hydrogens is 567 g/mol. The van der Waals surface area contributed by atoms with Gasteiger partial charge < -0.3 is 15.0 Å². The molecule has 1 fully saturated rings. The van der Waals surface area contributed by atoms with Crippen LogP contribution in [0.2, 0.25) is 5.02 Å². The van der Waals surface area contributed by atoms with Crippen molar-refractivity contribution in [1.82, 2.24) is 28.9 Å². The predicted molar refractivity (Wildman–Crippen MR) is 142 cm³/mol. The van der Waals surface area contributed by atoms with Crippen molar-refractivity contribution in [3.05, 3.63) is 114 Å². The number of nitrogens with zero attached hydrogens (tertiary/aromatic N) is 5. The molecule has 5 aromatic rings. The predicted octanol–water partition coefficient (Wildman–Crippen LogP) is 2.93. The van der Waals surface area contributed by atoms with E-state index in [1.807, 2.05) is 0 Å². The van der Waals surface area contributed by atoms with Crippen LogP contribution in [0.25, 0.3) is 10.9 Å². The summed E-state index contributed by atoms with van der Waals surface area (Å²) in [6, 6.07) is 7.72. The molecule has 0 aliphatic carbocycles. The summed E-state index contributed by atoms with van der Waals surface area (Å²) < 4.78 is 50.2. The van der Waals surface area contributed by atoms with E-state index in [0.717, 1.165) is 16.7 Å². The van der Waals surface area contributed by atoms with Gasteiger partial charge in [0, 0.05) is 23.3 Å². The number of rotatable bonds is 7. The number of hydrogen-bond donors (Lipinski definition) is 2. The molecule has 1 aliphatic heterocycles. The lowest BCUT2D eigenvalue weighted by Crippen LogP contribution is -2.43. The zero-order valence-corrected chi connectivity index (χ0v) is 21.7. The first-order chi connectivity index (χ1) is 19.7. The Morgan fingerprint density at radius 2 is 1.80 bits per heavy atom. The van der Waals surface area contributed by atoms with Gasteiger partial charge in [-0.3, -0.25) is 14.0 Å². The second kappa shape index (κ2) is 10.4. The highest BCUT2D eigenvalue weighted by Crippen LogP contribution is 2.31. The van der Waals surface area contributed by atoms with Crippen molar-refractivity contribution in [2.75, 3.05) is 18.5 Å². The van der Waals surface area contributed by atoms with E-state index in [0.29, 0.717) is 28.7 Å². The van der Waals surface area contributed by atoms with E-state index < -0.39 is 47.5 Å². The van der Waals surface area contributed by atoms with Crippen LogP contribution >= 0.6 is 11.6 Å². The second-order valence-corrected chi connectivity index (χ2v) is 9.79. The summed E-state index contributed by atoms with van der Waals surface area (Å²) >= 11 is 6.48. The summed E-state index contributed by atoms with van der Waals surface area (Å²) in [7, 11) is 0. The molecular formula is C26H19ClF3N7O4. The molecule has 210 valence electrons. The summed E-state index contributed by atoms with van der Waals surface area (Å²) in [5, 5.41) is 8.24. The molecule has 0 bridgehead atoms. The molecule has 2 aromatic carbocycles. The van der Waals surface area contributed by atoms with Crippen molar-refractivity contribution in [1.29, 1.82) is 0 Å². The van der Waals surface area contributed by atoms with E-state index in [2.05, 4.69) is 20.4 Å². The Balaban J connectivity index is 1.45. The van der Waals surface area contributed by atoms with Gasteiger partial charge in [0.05, 0.1) is 48.6 Å². The highest BCUT2D eigenvalue weighted by atomic mass is 35.5. The molecule has 0 saturated carbocycles. The number of benzene rings is 2. The number of H-pyrrole nitrogens is 1. The summed E-state index contributed by atoms with van der Waals surface area (Å²) in [6.07, 6.45) is 3.18. The van der Waals surface area contributed by atoms with E-state index >= 15 is 0 Å². The molecule has 4 heterocycles. The van der Waals surface area contributed by atoms with Crippen molar-refractivity contribution in [3.63, 3.8) is 0 Å². The second-order valence-electron chi connectivity index (χ2n) is 9.39. The fourth-order valence-electron chi connectivity index (χ4n) is 4.38. The first-order valence-electron chi connectivity index (χ1n) is 12.2. The summed E-state index contributed by atoms with van der Waals surface area (Å²) in [6.45, 7) is 0.120. The molecule has 0 atom stereocenters. The molecule has 2 N–H and O–H groups in total. The molecule has 0 amide bonds. The minimum absolute atomic E-state index is 0.0883. The molecule has 1 aliphatic rings. The van der Waals surface area contributed by atoms with Crippen LogP contribution in [-0.4, -0.2) is 42.1 Å². The Hall–Kier alpha value is -4.69. The molecule has 41 heavy (non-hydrogen) atoms. The van der Waals surface area contributed by atoms with Gasteiger partial charge in [-0.05, 0) is 35.9 Å². The van der Waals surface area contributed by atoms with Gasteiger partial charge >= 0.3 is 11.4 Å². The lowest BCUT2D eigenvalue weighted by molar-refractivity contribution is -0.0283. The van der Waals surface area contributed by atoms with Gasteiger partial charge in [-0.25, -0.2) is 27.3 Å². The van der Waals surface area contributed by atoms with Gasteiger partial charge in [-0.1, -0.05) is 17.7 Å². The zero-order valence-electron chi connectivity index (χ0n) is 20.9. The Bertz CT molecular complexity index is 1980. The fourth-order valence-corrected chi connectivity index (χ4v) is 4.59. The number of aromatic nitrogens is 6. The van der Waals surface area contributed by atoms with Gasteiger partial charge in [-0.2, -0.15) is 10.1 Å². The maximum atomic E-state index is 14.0. The third-order valence-corrected chi connectivity index (χ3v) is 6.93. The largest absolute Gasteiger partial charge is 0.377 e. The van der Waals surface area contributed by atoms with E-state index in [4.69, 9.17) is 16.3 Å². The number of halogens is 4. The van der Waals surface area contributed by atoms with Crippen molar-refractivity contribution in [3.8, 4) is 0 Å². The highest BCUT2D eigenvalue weighted by molar-refractivity contribution is 6.34. The first kappa shape index (κ1) is 26.5. The SMILES string of the molecule is O=c1[nH]cccc1Cn1c(=O)nc(Nc2cc3cn(C4COC4)nc3cc2Cl)n(Cc2cc(F)c(F)c(F)c2)c1=O. The topological polar surface area (TPSA) is 129 Å². The van der Waals surface area contributed by atoms with Crippen molar-refractivity contribution in [2.45, 2.75) is 19.1 Å². The smallest absolute Gasteiger partial charge is 0.355 e. The average Bonchev–Trinajstić information content (AvgIpc) is 3.29. The maximum Gasteiger partial charge on any atom is 0.355 e. The van der Waals surface area contributed by atoms with Crippen LogP contribution in [0, 0.1) is 17.5 Å². The Kier molecular flexibility index (Phi) is 6.71. The summed E-state index contributed by atoms with van der Waals surface area (Å²) in [4.78, 5) is 45.2. The molecule has 0 radical (unpaired) electrons. The van der Waals surface area contributed by atoms with Crippen LogP contribution in [0.3, 0.4) is 0 Å². The van der Waals surface area contributed by atoms with Crippen LogP contribution in [0.1, 0.15) is 17.2 Å². The van der Waals surface area contributed by atoms with Gasteiger partial charge in [0.15, 0.2) is 17.5 Å². The summed E-state index contributed by atoms with van der Waals surface area (Å²) in [5.41, 5.74) is -1.64. The highest BCUT2D eigenvalue weighted by Gasteiger charge is 2.23. The fraction of sp³-hybridized carbons (Fsp3) is 0.192. The number of anilines is 2. The quantitative estimate of drug-likeness (QED) is 0.281. The number of nitrogens with one attached hydrogen (secondary N) is 2. The molecule has 0 spiro atoms. The third-order valence-electron chi connectivity index (χ3n) is 6.61. The molecule has 0 unspecified atom stereocenters. The van der Waals surface area contributed by atoms with E-state index in [1.165, 1.54) is 18.3 Å². The van der Waals surface area contributed by atoms with Gasteiger partial charge in [0.1, 0.15) is 0 Å². The van der Waals surface area contributed by atoms with E-state index in [1.54, 1.807) is 23.0 Å². The Labute approximate surface area is 232 Å². The molecule has 3 aromatic heterocycles. The minimum atomic E-state index is -1.67. The monoisotopic (exact) mass is 585 g/mol. The number of fused-ring (bicyclic) bond motifs is 1. The van der Waals surface area contributed by atoms with Crippen LogP contribution in [0.5, 0.6) is 0 Å². The number of ether oxygens (including phenoxy) is 1. The Morgan fingerprint density at radius 1 is 1.05 bits per heavy atom. The molecule has 6 rings (SSSR count). The molecule has 1 saturated heterocycles. The third kappa shape index (κ3) is 5.02. The minimum Gasteiger partial charge on any atom is -0.377 e. The van der Waals surface area contributed by atoms with Gasteiger partial charge in [-0.15, -0.1) is 0 Å². The van der Waals surface area contributed by atoms with Crippen LogP contribution in [0.4, 0.5) is 24.8 Å². The van der Waals surface area contributed by atoms with Crippen LogP contribution in [0.15, 0.2) is 63.2 Å². The lowest BCUT2D eigenvalue weighted by atomic mass is 10.2. The Morgan fingerprint density at radius 3 is 2.49 bits per heavy atom. The van der Waals surface area contributed by atoms with Crippen molar-refractivity contribution in [2.24, 2.45) is 0 Å². The molecule has 15 heteroatoms. The maximum absolute atomic E-state index is 14.0.